The smallest absolute Gasteiger partial charge is 0.422 e. The van der Waals surface area contributed by atoms with E-state index < -0.39 is 87.1 Å². The number of pyridine rings is 1. The Balaban J connectivity index is 1.35. The number of sulfonamides is 1. The molecule has 58 heavy (non-hydrogen) atoms. The lowest BCUT2D eigenvalue weighted by Crippen LogP contribution is -2.58. The number of ether oxygens (including phenoxy) is 4. The van der Waals surface area contributed by atoms with E-state index in [1.807, 2.05) is 6.08 Å². The van der Waals surface area contributed by atoms with Crippen molar-refractivity contribution in [3.63, 3.8) is 0 Å². The van der Waals surface area contributed by atoms with E-state index >= 15 is 0 Å². The lowest BCUT2D eigenvalue weighted by molar-refractivity contribution is -0.154. The van der Waals surface area contributed by atoms with Crippen molar-refractivity contribution in [2.45, 2.75) is 126 Å². The molecule has 0 radical (unpaired) electrons. The second-order valence-electron chi connectivity index (χ2n) is 16.3. The molecule has 2 saturated carbocycles. The summed E-state index contributed by atoms with van der Waals surface area (Å²) in [6.07, 6.45) is 0.827. The number of benzene rings is 1. The molecule has 1 saturated heterocycles. The van der Waals surface area contributed by atoms with Crippen molar-refractivity contribution in [3.8, 4) is 17.4 Å². The largest absolute Gasteiger partial charge is 0.496 e. The SMILES string of the molecule is COc1ccc2c(O[C@@H]3C[C@H]4C(=O)N[C@]5(C(=O)NS(=O)(=O)C6CC6)C[C@H]5/C=C\CCCCC[C@H](NC(=O)OC(C)(C)C)C(=O)N4C3)cc(OCC(F)(F)F)nc2c1C. The highest BCUT2D eigenvalue weighted by molar-refractivity contribution is 7.91. The number of nitrogens with one attached hydrogen (secondary N) is 3. The van der Waals surface area contributed by atoms with E-state index in [1.165, 1.54) is 18.1 Å². The van der Waals surface area contributed by atoms with Gasteiger partial charge in [0, 0.05) is 29.4 Å². The van der Waals surface area contributed by atoms with Gasteiger partial charge in [-0.25, -0.2) is 18.2 Å². The minimum absolute atomic E-state index is 0.0606. The number of alkyl halides is 3. The van der Waals surface area contributed by atoms with Crippen LogP contribution in [0.5, 0.6) is 17.4 Å². The zero-order valence-electron chi connectivity index (χ0n) is 33.1. The van der Waals surface area contributed by atoms with Gasteiger partial charge in [0.2, 0.25) is 27.7 Å². The third-order valence-corrected chi connectivity index (χ3v) is 12.4. The van der Waals surface area contributed by atoms with Crippen LogP contribution in [0, 0.1) is 12.8 Å². The predicted octanol–water partition coefficient (Wildman–Crippen LogP) is 4.74. The maximum atomic E-state index is 14.5. The van der Waals surface area contributed by atoms with Gasteiger partial charge in [-0.15, -0.1) is 0 Å². The number of nitrogens with zero attached hydrogens (tertiary/aromatic N) is 2. The van der Waals surface area contributed by atoms with Crippen LogP contribution in [0.2, 0.25) is 0 Å². The molecule has 15 nitrogen and oxygen atoms in total. The van der Waals surface area contributed by atoms with E-state index in [4.69, 9.17) is 18.9 Å². The number of halogens is 3. The predicted molar refractivity (Wildman–Crippen MR) is 204 cm³/mol. The Morgan fingerprint density at radius 1 is 1.07 bits per heavy atom. The molecule has 6 rings (SSSR count). The molecule has 1 aromatic carbocycles. The number of methoxy groups -OCH3 is 1. The number of hydrogen-bond donors (Lipinski definition) is 3. The fourth-order valence-electron chi connectivity index (χ4n) is 7.38. The van der Waals surface area contributed by atoms with Crippen molar-refractivity contribution >= 4 is 44.7 Å². The summed E-state index contributed by atoms with van der Waals surface area (Å²) in [5.41, 5.74) is -1.76. The third kappa shape index (κ3) is 10.1. The monoisotopic (exact) mass is 837 g/mol. The summed E-state index contributed by atoms with van der Waals surface area (Å²) >= 11 is 0. The van der Waals surface area contributed by atoms with Gasteiger partial charge in [-0.2, -0.15) is 13.2 Å². The highest BCUT2D eigenvalue weighted by atomic mass is 32.2. The van der Waals surface area contributed by atoms with E-state index in [-0.39, 0.29) is 43.0 Å². The van der Waals surface area contributed by atoms with E-state index in [9.17, 15) is 40.8 Å². The first kappa shape index (κ1) is 42.8. The van der Waals surface area contributed by atoms with Crippen molar-refractivity contribution in [1.82, 2.24) is 25.2 Å². The fraction of sp³-hybridized carbons (Fsp3) is 0.615. The van der Waals surface area contributed by atoms with Crippen molar-refractivity contribution in [1.29, 1.82) is 0 Å². The molecule has 4 aliphatic rings. The van der Waals surface area contributed by atoms with Gasteiger partial charge in [-0.3, -0.25) is 19.1 Å². The number of alkyl carbamates (subject to hydrolysis) is 1. The second kappa shape index (κ2) is 16.4. The van der Waals surface area contributed by atoms with Crippen LogP contribution >= 0.6 is 0 Å². The number of aryl methyl sites for hydroxylation is 1. The number of carbonyl (C=O) groups is 4. The standard InChI is InChI=1S/C39H50F3N5O10S/c1-22-29(54-5)16-15-26-30(18-31(44-32(22)26)55-21-39(40,41)42)56-24-17-28-33(48)45-38(35(50)46-58(52,53)25-13-14-25)19-23(38)11-9-7-6-8-10-12-27(34(49)47(28)20-24)43-36(51)57-37(2,3)4/h9,11,15-16,18,23-25,27-28H,6-8,10,12-14,17,19-21H2,1-5H3,(H,43,51)(H,45,48)(H,46,50)/b11-9-/t23-,24-,27+,28+,38-/m1/s1. The second-order valence-corrected chi connectivity index (χ2v) is 18.3. The molecule has 5 atom stereocenters. The Morgan fingerprint density at radius 2 is 1.81 bits per heavy atom. The number of fused-ring (bicyclic) bond motifs is 3. The first-order valence-corrected chi connectivity index (χ1v) is 20.9. The zero-order chi connectivity index (χ0) is 42.2. The molecule has 4 amide bonds. The lowest BCUT2D eigenvalue weighted by Gasteiger charge is -2.30. The number of rotatable bonds is 9. The van der Waals surface area contributed by atoms with Crippen LogP contribution in [0.1, 0.15) is 84.1 Å². The number of aromatic nitrogens is 1. The van der Waals surface area contributed by atoms with Gasteiger partial charge >= 0.3 is 12.3 Å². The highest BCUT2D eigenvalue weighted by Gasteiger charge is 2.62. The summed E-state index contributed by atoms with van der Waals surface area (Å²) in [6.45, 7) is 4.86. The number of carbonyl (C=O) groups excluding carboxylic acids is 4. The minimum Gasteiger partial charge on any atom is -0.496 e. The molecule has 1 aromatic heterocycles. The van der Waals surface area contributed by atoms with Crippen LogP contribution < -0.4 is 29.6 Å². The van der Waals surface area contributed by atoms with Gasteiger partial charge in [0.1, 0.15) is 40.8 Å². The molecule has 318 valence electrons. The van der Waals surface area contributed by atoms with E-state index in [0.717, 1.165) is 6.42 Å². The maximum Gasteiger partial charge on any atom is 0.422 e. The quantitative estimate of drug-likeness (QED) is 0.296. The van der Waals surface area contributed by atoms with Crippen molar-refractivity contribution in [3.05, 3.63) is 35.9 Å². The van der Waals surface area contributed by atoms with E-state index in [0.29, 0.717) is 48.8 Å². The molecule has 0 spiro atoms. The van der Waals surface area contributed by atoms with Gasteiger partial charge in [-0.1, -0.05) is 25.0 Å². The maximum absolute atomic E-state index is 14.5. The molecule has 3 N–H and O–H groups in total. The molecular formula is C39H50F3N5O10S. The fourth-order valence-corrected chi connectivity index (χ4v) is 8.75. The molecule has 2 aromatic rings. The molecule has 2 aliphatic carbocycles. The molecule has 0 bridgehead atoms. The third-order valence-electron chi connectivity index (χ3n) is 10.6. The Kier molecular flexibility index (Phi) is 12.1. The van der Waals surface area contributed by atoms with E-state index in [1.54, 1.807) is 45.9 Å². The number of amides is 4. The van der Waals surface area contributed by atoms with Gasteiger partial charge in [0.15, 0.2) is 6.61 Å². The molecule has 19 heteroatoms. The highest BCUT2D eigenvalue weighted by Crippen LogP contribution is 2.46. The van der Waals surface area contributed by atoms with Gasteiger partial charge < -0.3 is 34.5 Å². The summed E-state index contributed by atoms with van der Waals surface area (Å²) in [5, 5.41) is 5.16. The molecular weight excluding hydrogens is 788 g/mol. The number of allylic oxidation sites excluding steroid dienone is 1. The van der Waals surface area contributed by atoms with E-state index in [2.05, 4.69) is 20.3 Å². The summed E-state index contributed by atoms with van der Waals surface area (Å²) in [4.78, 5) is 61.3. The van der Waals surface area contributed by atoms with Crippen LogP contribution in [0.25, 0.3) is 10.9 Å². The first-order chi connectivity index (χ1) is 27.2. The van der Waals surface area contributed by atoms with Crippen molar-refractivity contribution in [2.24, 2.45) is 5.92 Å². The van der Waals surface area contributed by atoms with Gasteiger partial charge in [-0.05, 0) is 78.4 Å². The van der Waals surface area contributed by atoms with Crippen LogP contribution in [0.3, 0.4) is 0 Å². The molecule has 3 heterocycles. The summed E-state index contributed by atoms with van der Waals surface area (Å²) < 4.78 is 89.8. The Morgan fingerprint density at radius 3 is 2.48 bits per heavy atom. The summed E-state index contributed by atoms with van der Waals surface area (Å²) in [7, 11) is -2.54. The van der Waals surface area contributed by atoms with Crippen molar-refractivity contribution in [2.75, 3.05) is 20.3 Å². The van der Waals surface area contributed by atoms with Crippen LogP contribution in [-0.2, 0) is 29.1 Å². The Labute approximate surface area is 334 Å². The Bertz CT molecular complexity index is 2070. The Hall–Kier alpha value is -4.81. The first-order valence-electron chi connectivity index (χ1n) is 19.4. The van der Waals surface area contributed by atoms with Crippen LogP contribution in [-0.4, -0.2) is 103 Å². The molecule has 3 fully saturated rings. The number of hydrogen-bond acceptors (Lipinski definition) is 11. The topological polar surface area (TPSA) is 192 Å². The molecule has 2 aliphatic heterocycles. The zero-order valence-corrected chi connectivity index (χ0v) is 33.9. The van der Waals surface area contributed by atoms with Gasteiger partial charge in [0.25, 0.3) is 5.91 Å². The summed E-state index contributed by atoms with van der Waals surface area (Å²) in [6, 6.07) is 2.04. The minimum atomic E-state index is -4.66. The van der Waals surface area contributed by atoms with Crippen LogP contribution in [0.15, 0.2) is 30.4 Å². The average molecular weight is 838 g/mol. The van der Waals surface area contributed by atoms with Gasteiger partial charge in [0.05, 0.1) is 24.4 Å². The van der Waals surface area contributed by atoms with Crippen LogP contribution in [0.4, 0.5) is 18.0 Å². The average Bonchev–Trinajstić information content (AvgIpc) is 4.05. The van der Waals surface area contributed by atoms with Crippen molar-refractivity contribution < 1.29 is 59.7 Å². The normalized spacial score (nSPS) is 26.2. The lowest BCUT2D eigenvalue weighted by atomic mass is 10.0. The molecule has 0 unspecified atom stereocenters. The summed E-state index contributed by atoms with van der Waals surface area (Å²) in [5.74, 6) is -2.69.